The van der Waals surface area contributed by atoms with Gasteiger partial charge in [-0.05, 0) is 19.4 Å². The lowest BCUT2D eigenvalue weighted by molar-refractivity contribution is 0.358. The van der Waals surface area contributed by atoms with Crippen molar-refractivity contribution in [2.75, 3.05) is 33.2 Å². The van der Waals surface area contributed by atoms with E-state index in [0.29, 0.717) is 0 Å². The summed E-state index contributed by atoms with van der Waals surface area (Å²) >= 11 is 0. The molecule has 0 saturated carbocycles. The van der Waals surface area contributed by atoms with E-state index in [-0.39, 0.29) is 0 Å². The lowest BCUT2D eigenvalue weighted by atomic mass is 10.1. The molecule has 1 saturated heterocycles. The van der Waals surface area contributed by atoms with Crippen LogP contribution in [-0.4, -0.2) is 44.0 Å². The predicted octanol–water partition coefficient (Wildman–Crippen LogP) is 1.67. The van der Waals surface area contributed by atoms with Gasteiger partial charge in [0.2, 0.25) is 0 Å². The fourth-order valence-corrected chi connectivity index (χ4v) is 1.88. The number of hydrogen-bond donors (Lipinski definition) is 1. The molecular weight excluding hydrogens is 186 g/mol. The first-order valence-corrected chi connectivity index (χ1v) is 5.87. The van der Waals surface area contributed by atoms with Crippen molar-refractivity contribution >= 4 is 5.84 Å². The van der Waals surface area contributed by atoms with Crippen LogP contribution in [0.4, 0.5) is 0 Å². The highest BCUT2D eigenvalue weighted by atomic mass is 15.2. The maximum Gasteiger partial charge on any atom is 0.123 e. The molecule has 1 aliphatic rings. The molecule has 0 aliphatic carbocycles. The Morgan fingerprint density at radius 1 is 1.40 bits per heavy atom. The van der Waals surface area contributed by atoms with Crippen molar-refractivity contribution in [1.82, 2.24) is 10.2 Å². The molecule has 1 N–H and O–H groups in total. The third-order valence-corrected chi connectivity index (χ3v) is 2.69. The smallest absolute Gasteiger partial charge is 0.123 e. The molecule has 0 bridgehead atoms. The Hall–Kier alpha value is -0.830. The van der Waals surface area contributed by atoms with Crippen LogP contribution in [-0.2, 0) is 0 Å². The maximum absolute atomic E-state index is 4.37. The summed E-state index contributed by atoms with van der Waals surface area (Å²) in [5, 5.41) is 3.35. The molecule has 0 aromatic rings. The van der Waals surface area contributed by atoms with Gasteiger partial charge in [-0.2, -0.15) is 0 Å². The van der Waals surface area contributed by atoms with Crippen LogP contribution in [0.5, 0.6) is 0 Å². The molecule has 1 heterocycles. The maximum atomic E-state index is 4.37. The van der Waals surface area contributed by atoms with E-state index in [9.17, 15) is 0 Å². The Kier molecular flexibility index (Phi) is 5.40. The average molecular weight is 209 g/mol. The molecule has 15 heavy (non-hydrogen) atoms. The standard InChI is InChI=1S/C12H23N3/c1-4-5-11(2)10-12(13-3)15-8-6-14-7-9-15/h10,14H,4-9H2,1-3H3/b11-10-,13-12?. The monoisotopic (exact) mass is 209 g/mol. The highest BCUT2D eigenvalue weighted by Gasteiger charge is 2.11. The van der Waals surface area contributed by atoms with Crippen LogP contribution in [0.2, 0.25) is 0 Å². The van der Waals surface area contributed by atoms with Gasteiger partial charge in [-0.15, -0.1) is 0 Å². The molecular formula is C12H23N3. The fraction of sp³-hybridized carbons (Fsp3) is 0.750. The van der Waals surface area contributed by atoms with Crippen molar-refractivity contribution in [3.05, 3.63) is 11.6 Å². The second-order valence-electron chi connectivity index (χ2n) is 4.06. The van der Waals surface area contributed by atoms with E-state index in [1.807, 2.05) is 7.05 Å². The van der Waals surface area contributed by atoms with E-state index in [2.05, 4.69) is 35.1 Å². The van der Waals surface area contributed by atoms with Crippen molar-refractivity contribution in [1.29, 1.82) is 0 Å². The average Bonchev–Trinajstić information content (AvgIpc) is 2.27. The van der Waals surface area contributed by atoms with Gasteiger partial charge in [-0.1, -0.05) is 18.9 Å². The largest absolute Gasteiger partial charge is 0.354 e. The van der Waals surface area contributed by atoms with Gasteiger partial charge in [0.05, 0.1) is 0 Å². The summed E-state index contributed by atoms with van der Waals surface area (Å²) in [4.78, 5) is 6.73. The minimum Gasteiger partial charge on any atom is -0.354 e. The number of nitrogens with zero attached hydrogens (tertiary/aromatic N) is 2. The molecule has 0 radical (unpaired) electrons. The van der Waals surface area contributed by atoms with E-state index in [0.717, 1.165) is 32.0 Å². The minimum absolute atomic E-state index is 1.07. The van der Waals surface area contributed by atoms with E-state index in [1.54, 1.807) is 0 Å². The molecule has 0 aromatic heterocycles. The fourth-order valence-electron chi connectivity index (χ4n) is 1.88. The first kappa shape index (κ1) is 12.2. The van der Waals surface area contributed by atoms with Gasteiger partial charge in [-0.25, -0.2) is 0 Å². The van der Waals surface area contributed by atoms with Crippen LogP contribution in [0.3, 0.4) is 0 Å². The van der Waals surface area contributed by atoms with Gasteiger partial charge >= 0.3 is 0 Å². The summed E-state index contributed by atoms with van der Waals surface area (Å²) in [6.07, 6.45) is 4.61. The second-order valence-corrected chi connectivity index (χ2v) is 4.06. The van der Waals surface area contributed by atoms with Gasteiger partial charge in [-0.3, -0.25) is 4.99 Å². The predicted molar refractivity (Wildman–Crippen MR) is 66.5 cm³/mol. The molecule has 3 nitrogen and oxygen atoms in total. The van der Waals surface area contributed by atoms with Crippen LogP contribution in [0.25, 0.3) is 0 Å². The second kappa shape index (κ2) is 6.62. The molecule has 0 spiro atoms. The number of hydrogen-bond acceptors (Lipinski definition) is 2. The number of piperazine rings is 1. The molecule has 0 aromatic carbocycles. The molecule has 1 aliphatic heterocycles. The molecule has 0 atom stereocenters. The van der Waals surface area contributed by atoms with E-state index in [1.165, 1.54) is 18.4 Å². The minimum atomic E-state index is 1.07. The van der Waals surface area contributed by atoms with E-state index < -0.39 is 0 Å². The van der Waals surface area contributed by atoms with E-state index in [4.69, 9.17) is 0 Å². The molecule has 1 rings (SSSR count). The Balaban J connectivity index is 2.58. The van der Waals surface area contributed by atoms with Gasteiger partial charge < -0.3 is 10.2 Å². The van der Waals surface area contributed by atoms with Crippen LogP contribution in [0, 0.1) is 0 Å². The van der Waals surface area contributed by atoms with Crippen molar-refractivity contribution < 1.29 is 0 Å². The lowest BCUT2D eigenvalue weighted by Crippen LogP contribution is -2.46. The molecule has 86 valence electrons. The molecule has 0 amide bonds. The Morgan fingerprint density at radius 3 is 2.60 bits per heavy atom. The number of rotatable bonds is 3. The van der Waals surface area contributed by atoms with Crippen molar-refractivity contribution in [2.45, 2.75) is 26.7 Å². The van der Waals surface area contributed by atoms with Gasteiger partial charge in [0.1, 0.15) is 5.84 Å². The molecule has 1 fully saturated rings. The van der Waals surface area contributed by atoms with Gasteiger partial charge in [0, 0.05) is 33.2 Å². The number of allylic oxidation sites excluding steroid dienone is 1. The van der Waals surface area contributed by atoms with Gasteiger partial charge in [0.25, 0.3) is 0 Å². The zero-order chi connectivity index (χ0) is 11.1. The first-order valence-electron chi connectivity index (χ1n) is 5.87. The Labute approximate surface area is 93.3 Å². The summed E-state index contributed by atoms with van der Waals surface area (Å²) in [7, 11) is 1.88. The number of nitrogens with one attached hydrogen (secondary N) is 1. The summed E-state index contributed by atoms with van der Waals surface area (Å²) in [5.74, 6) is 1.14. The van der Waals surface area contributed by atoms with Crippen molar-refractivity contribution in [3.8, 4) is 0 Å². The lowest BCUT2D eigenvalue weighted by Gasteiger charge is -2.29. The molecule has 0 unspecified atom stereocenters. The zero-order valence-electron chi connectivity index (χ0n) is 10.2. The number of amidine groups is 1. The Morgan fingerprint density at radius 2 is 2.07 bits per heavy atom. The molecule has 3 heteroatoms. The quantitative estimate of drug-likeness (QED) is 0.565. The van der Waals surface area contributed by atoms with Crippen LogP contribution in [0.1, 0.15) is 26.7 Å². The first-order chi connectivity index (χ1) is 7.27. The van der Waals surface area contributed by atoms with E-state index >= 15 is 0 Å². The highest BCUT2D eigenvalue weighted by molar-refractivity contribution is 5.93. The van der Waals surface area contributed by atoms with Crippen molar-refractivity contribution in [2.24, 2.45) is 4.99 Å². The normalized spacial score (nSPS) is 19.5. The highest BCUT2D eigenvalue weighted by Crippen LogP contribution is 2.06. The van der Waals surface area contributed by atoms with Crippen LogP contribution in [0.15, 0.2) is 16.6 Å². The SMILES string of the molecule is CCC/C(C)=C\C(=NC)N1CCNCC1. The topological polar surface area (TPSA) is 27.6 Å². The van der Waals surface area contributed by atoms with Crippen LogP contribution < -0.4 is 5.32 Å². The zero-order valence-corrected chi connectivity index (χ0v) is 10.2. The third-order valence-electron chi connectivity index (χ3n) is 2.69. The summed E-state index contributed by atoms with van der Waals surface area (Å²) in [6.45, 7) is 8.69. The van der Waals surface area contributed by atoms with Gasteiger partial charge in [0.15, 0.2) is 0 Å². The summed E-state index contributed by atoms with van der Waals surface area (Å²) in [5.41, 5.74) is 1.43. The summed E-state index contributed by atoms with van der Waals surface area (Å²) in [6, 6.07) is 0. The third kappa shape index (κ3) is 4.04. The number of aliphatic imine (C=N–C) groups is 1. The van der Waals surface area contributed by atoms with Crippen molar-refractivity contribution in [3.63, 3.8) is 0 Å². The Bertz CT molecular complexity index is 237. The van der Waals surface area contributed by atoms with Crippen LogP contribution >= 0.6 is 0 Å². The summed E-state index contributed by atoms with van der Waals surface area (Å²) < 4.78 is 0.